The minimum atomic E-state index is -6.78. The van der Waals surface area contributed by atoms with Crippen molar-refractivity contribution >= 4 is 5.71 Å². The molecule has 0 aromatic carbocycles. The normalized spacial score (nSPS) is 27.8. The average Bonchev–Trinajstić information content (AvgIpc) is 2.20. The molecule has 0 aliphatic carbocycles. The maximum atomic E-state index is 13.3. The van der Waals surface area contributed by atoms with Crippen LogP contribution in [0.5, 0.6) is 0 Å². The Bertz CT molecular complexity index is 516. The molecule has 0 N–H and O–H groups in total. The highest BCUT2D eigenvalue weighted by Crippen LogP contribution is 2.53. The van der Waals surface area contributed by atoms with E-state index in [1.807, 2.05) is 0 Å². The molecule has 0 amide bonds. The van der Waals surface area contributed by atoms with E-state index in [4.69, 9.17) is 0 Å². The van der Waals surface area contributed by atoms with Crippen LogP contribution in [0.1, 0.15) is 0 Å². The van der Waals surface area contributed by atoms with Gasteiger partial charge in [-0.2, -0.15) is 57.1 Å². The summed E-state index contributed by atoms with van der Waals surface area (Å²) in [5, 5.41) is 0. The molecule has 3 nitrogen and oxygen atoms in total. The van der Waals surface area contributed by atoms with Crippen molar-refractivity contribution in [1.29, 1.82) is 0 Å². The van der Waals surface area contributed by atoms with Crippen molar-refractivity contribution < 1.29 is 66.5 Å². The number of halogens is 13. The molecule has 1 rings (SSSR count). The van der Waals surface area contributed by atoms with Gasteiger partial charge in [0.2, 0.25) is 5.71 Å². The summed E-state index contributed by atoms with van der Waals surface area (Å²) in [6.07, 6.45) is -31.4. The van der Waals surface area contributed by atoms with Gasteiger partial charge in [-0.3, -0.25) is 0 Å². The third-order valence-corrected chi connectivity index (χ3v) is 2.29. The number of ether oxygens (including phenoxy) is 2. The van der Waals surface area contributed by atoms with Gasteiger partial charge >= 0.3 is 36.5 Å². The van der Waals surface area contributed by atoms with E-state index in [1.54, 1.807) is 0 Å². The Hall–Kier alpha value is -1.32. The fourth-order valence-corrected chi connectivity index (χ4v) is 1.41. The standard InChI is InChI=1S/C8H2F13NO2/c9-3(10,11)1-23-6(7(17,18)19)8(20,21)24-5(15,16)2(22-6)4(12,13)14/h1H2. The average molecular weight is 391 g/mol. The van der Waals surface area contributed by atoms with Gasteiger partial charge in [-0.1, -0.05) is 0 Å². The summed E-state index contributed by atoms with van der Waals surface area (Å²) in [5.74, 6) is 0. The van der Waals surface area contributed by atoms with Crippen LogP contribution in [0.4, 0.5) is 57.1 Å². The van der Waals surface area contributed by atoms with E-state index < -0.39 is 48.8 Å². The smallest absolute Gasteiger partial charge is 0.330 e. The number of rotatable bonds is 2. The van der Waals surface area contributed by atoms with Crippen LogP contribution in [-0.2, 0) is 9.47 Å². The second kappa shape index (κ2) is 5.34. The second-order valence-corrected chi connectivity index (χ2v) is 4.14. The summed E-state index contributed by atoms with van der Waals surface area (Å²) in [6, 6.07) is 0. The predicted molar refractivity (Wildman–Crippen MR) is 45.3 cm³/mol. The number of aliphatic imine (C=N–C) groups is 1. The highest BCUT2D eigenvalue weighted by Gasteiger charge is 2.80. The van der Waals surface area contributed by atoms with Gasteiger partial charge in [-0.15, -0.1) is 0 Å². The van der Waals surface area contributed by atoms with Gasteiger partial charge in [0.1, 0.15) is 6.61 Å². The van der Waals surface area contributed by atoms with Gasteiger partial charge in [-0.05, 0) is 0 Å². The minimum Gasteiger partial charge on any atom is -0.330 e. The second-order valence-electron chi connectivity index (χ2n) is 4.14. The molecule has 24 heavy (non-hydrogen) atoms. The van der Waals surface area contributed by atoms with Gasteiger partial charge < -0.3 is 4.74 Å². The van der Waals surface area contributed by atoms with Crippen LogP contribution in [0.2, 0.25) is 0 Å². The van der Waals surface area contributed by atoms with Crippen LogP contribution in [0.25, 0.3) is 0 Å². The highest BCUT2D eigenvalue weighted by molar-refractivity contribution is 5.95. The first-order valence-electron chi connectivity index (χ1n) is 5.16. The first-order chi connectivity index (χ1) is 10.3. The lowest BCUT2D eigenvalue weighted by atomic mass is 10.1. The summed E-state index contributed by atoms with van der Waals surface area (Å²) < 4.78 is 168. The number of hydrogen-bond donors (Lipinski definition) is 0. The fourth-order valence-electron chi connectivity index (χ4n) is 1.41. The van der Waals surface area contributed by atoms with Crippen molar-refractivity contribution in [2.75, 3.05) is 6.61 Å². The minimum absolute atomic E-state index is 1.08. The summed E-state index contributed by atoms with van der Waals surface area (Å²) in [6.45, 7) is -3.17. The van der Waals surface area contributed by atoms with Crippen molar-refractivity contribution in [1.82, 2.24) is 0 Å². The van der Waals surface area contributed by atoms with Crippen molar-refractivity contribution in [3.05, 3.63) is 0 Å². The van der Waals surface area contributed by atoms with Crippen LogP contribution >= 0.6 is 0 Å². The quantitative estimate of drug-likeness (QED) is 0.666. The van der Waals surface area contributed by atoms with Gasteiger partial charge in [0, 0.05) is 0 Å². The number of hydrogen-bond acceptors (Lipinski definition) is 3. The highest BCUT2D eigenvalue weighted by atomic mass is 19.4. The van der Waals surface area contributed by atoms with Crippen molar-refractivity contribution in [3.63, 3.8) is 0 Å². The van der Waals surface area contributed by atoms with Crippen molar-refractivity contribution in [2.24, 2.45) is 4.99 Å². The Balaban J connectivity index is 3.64. The molecule has 1 unspecified atom stereocenters. The lowest BCUT2D eigenvalue weighted by molar-refractivity contribution is -0.465. The third kappa shape index (κ3) is 3.68. The molecule has 0 saturated carbocycles. The van der Waals surface area contributed by atoms with E-state index in [1.165, 1.54) is 0 Å². The maximum absolute atomic E-state index is 13.3. The molecular weight excluding hydrogens is 389 g/mol. The van der Waals surface area contributed by atoms with Crippen LogP contribution < -0.4 is 0 Å². The third-order valence-electron chi connectivity index (χ3n) is 2.29. The summed E-state index contributed by atoms with van der Waals surface area (Å²) in [4.78, 5) is 1.08. The van der Waals surface area contributed by atoms with E-state index in [0.29, 0.717) is 0 Å². The first-order valence-corrected chi connectivity index (χ1v) is 5.16. The van der Waals surface area contributed by atoms with Crippen molar-refractivity contribution in [2.45, 2.75) is 36.5 Å². The van der Waals surface area contributed by atoms with Crippen LogP contribution in [0.3, 0.4) is 0 Å². The van der Waals surface area contributed by atoms with Gasteiger partial charge in [0.05, 0.1) is 0 Å². The molecule has 142 valence electrons. The Labute approximate surface area is 122 Å². The number of nitrogens with zero attached hydrogens (tertiary/aromatic N) is 1. The molecule has 0 fully saturated rings. The molecule has 1 atom stereocenters. The fraction of sp³-hybridized carbons (Fsp3) is 0.875. The number of alkyl halides is 13. The van der Waals surface area contributed by atoms with Gasteiger partial charge in [0.25, 0.3) is 0 Å². The zero-order chi connectivity index (χ0) is 19.4. The van der Waals surface area contributed by atoms with E-state index in [9.17, 15) is 57.1 Å². The molecule has 0 radical (unpaired) electrons. The molecule has 0 bridgehead atoms. The molecule has 0 aromatic rings. The molecule has 1 aliphatic rings. The van der Waals surface area contributed by atoms with E-state index in [0.717, 1.165) is 4.99 Å². The summed E-state index contributed by atoms with van der Waals surface area (Å²) >= 11 is 0. The van der Waals surface area contributed by atoms with Gasteiger partial charge in [0.15, 0.2) is 0 Å². The maximum Gasteiger partial charge on any atom is 0.448 e. The lowest BCUT2D eigenvalue weighted by Crippen LogP contribution is -2.68. The predicted octanol–water partition coefficient (Wildman–Crippen LogP) is 4.04. The Morgan fingerprint density at radius 3 is 1.67 bits per heavy atom. The van der Waals surface area contributed by atoms with E-state index in [2.05, 4.69) is 9.47 Å². The molecule has 0 aromatic heterocycles. The molecule has 1 heterocycles. The SMILES string of the molecule is FC(F)(F)COC1(C(F)(F)F)N=C(C(F)(F)F)C(F)(F)OC1(F)F. The molecule has 0 spiro atoms. The zero-order valence-electron chi connectivity index (χ0n) is 10.4. The monoisotopic (exact) mass is 391 g/mol. The van der Waals surface area contributed by atoms with Crippen LogP contribution in [0.15, 0.2) is 4.99 Å². The molecule has 16 heteroatoms. The topological polar surface area (TPSA) is 30.8 Å². The van der Waals surface area contributed by atoms with Gasteiger partial charge in [-0.25, -0.2) is 9.73 Å². The zero-order valence-corrected chi connectivity index (χ0v) is 10.4. The van der Waals surface area contributed by atoms with E-state index >= 15 is 0 Å². The Morgan fingerprint density at radius 2 is 1.33 bits per heavy atom. The molecule has 1 aliphatic heterocycles. The van der Waals surface area contributed by atoms with E-state index in [-0.39, 0.29) is 0 Å². The molecule has 0 saturated heterocycles. The van der Waals surface area contributed by atoms with Crippen LogP contribution in [-0.4, -0.2) is 48.8 Å². The Kier molecular flexibility index (Phi) is 4.61. The van der Waals surface area contributed by atoms with Crippen molar-refractivity contribution in [3.8, 4) is 0 Å². The van der Waals surface area contributed by atoms with Crippen LogP contribution in [0, 0.1) is 0 Å². The summed E-state index contributed by atoms with van der Waals surface area (Å²) in [5.41, 5.74) is -9.82. The molecular formula is C8H2F13NO2. The first kappa shape index (κ1) is 20.7. The Morgan fingerprint density at radius 1 is 0.875 bits per heavy atom. The lowest BCUT2D eigenvalue weighted by Gasteiger charge is -2.42. The summed E-state index contributed by atoms with van der Waals surface area (Å²) in [7, 11) is 0. The largest absolute Gasteiger partial charge is 0.448 e.